The second kappa shape index (κ2) is 6.86. The smallest absolute Gasteiger partial charge is 0.338 e. The van der Waals surface area contributed by atoms with E-state index in [1.807, 2.05) is 19.1 Å². The molecule has 0 spiro atoms. The molecule has 2 heterocycles. The van der Waals surface area contributed by atoms with E-state index in [0.717, 1.165) is 15.4 Å². The number of carboxylic acids is 2. The van der Waals surface area contributed by atoms with Gasteiger partial charge in [0.1, 0.15) is 16.8 Å². The van der Waals surface area contributed by atoms with Gasteiger partial charge in [0.05, 0.1) is 11.0 Å². The van der Waals surface area contributed by atoms with Gasteiger partial charge in [0.2, 0.25) is 5.78 Å². The molecule has 7 heteroatoms. The van der Waals surface area contributed by atoms with Crippen molar-refractivity contribution in [1.82, 2.24) is 4.40 Å². The number of benzene rings is 2. The van der Waals surface area contributed by atoms with Gasteiger partial charge in [-0.2, -0.15) is 0 Å². The topological polar surface area (TPSA) is 96.1 Å². The van der Waals surface area contributed by atoms with E-state index >= 15 is 0 Å². The molecule has 0 aliphatic carbocycles. The van der Waals surface area contributed by atoms with Crippen LogP contribution in [0.3, 0.4) is 0 Å². The number of aryl methyl sites for hydroxylation is 1. The highest BCUT2D eigenvalue weighted by molar-refractivity contribution is 9.10. The SMILES string of the molecule is Cc1ccc2c(ccc3c(C(=O)O)c(C(=O)O)c(C(=O)c4ccc(Br)cc4)n32)c1. The van der Waals surface area contributed by atoms with Gasteiger partial charge in [-0.1, -0.05) is 33.6 Å². The predicted octanol–water partition coefficient (Wildman–Crippen LogP) is 4.79. The van der Waals surface area contributed by atoms with Gasteiger partial charge in [0.15, 0.2) is 0 Å². The number of hydrogen-bond donors (Lipinski definition) is 2. The van der Waals surface area contributed by atoms with Crippen molar-refractivity contribution in [3.8, 4) is 0 Å². The van der Waals surface area contributed by atoms with E-state index in [0.29, 0.717) is 5.52 Å². The Bertz CT molecular complexity index is 1340. The van der Waals surface area contributed by atoms with E-state index in [4.69, 9.17) is 0 Å². The summed E-state index contributed by atoms with van der Waals surface area (Å²) in [6.45, 7) is 1.92. The lowest BCUT2D eigenvalue weighted by Gasteiger charge is -2.09. The van der Waals surface area contributed by atoms with Gasteiger partial charge in [-0.15, -0.1) is 0 Å². The van der Waals surface area contributed by atoms with Crippen LogP contribution in [0, 0.1) is 6.92 Å². The number of pyridine rings is 1. The average molecular weight is 452 g/mol. The molecule has 2 N–H and O–H groups in total. The highest BCUT2D eigenvalue weighted by Crippen LogP contribution is 2.31. The quantitative estimate of drug-likeness (QED) is 0.434. The number of ketones is 1. The first kappa shape index (κ1) is 18.9. The molecule has 2 aromatic heterocycles. The maximum atomic E-state index is 13.4. The standard InChI is InChI=1S/C22H14BrNO5/c1-11-2-8-15-13(10-11)5-9-16-17(21(26)27)18(22(28)29)19(24(15)16)20(25)12-3-6-14(23)7-4-12/h2-10H,1H3,(H,26,27)(H,28,29). The number of hydrogen-bond acceptors (Lipinski definition) is 3. The third kappa shape index (κ3) is 3.00. The van der Waals surface area contributed by atoms with Gasteiger partial charge < -0.3 is 14.6 Å². The Balaban J connectivity index is 2.19. The number of carbonyl (C=O) groups excluding carboxylic acids is 1. The molecule has 0 fully saturated rings. The second-order valence-corrected chi connectivity index (χ2v) is 7.58. The monoisotopic (exact) mass is 451 g/mol. The number of aromatic nitrogens is 1. The molecule has 29 heavy (non-hydrogen) atoms. The lowest BCUT2D eigenvalue weighted by Crippen LogP contribution is -2.13. The summed E-state index contributed by atoms with van der Waals surface area (Å²) >= 11 is 3.30. The number of halogens is 1. The van der Waals surface area contributed by atoms with Crippen molar-refractivity contribution in [1.29, 1.82) is 0 Å². The first-order chi connectivity index (χ1) is 13.8. The third-order valence-corrected chi connectivity index (χ3v) is 5.33. The minimum atomic E-state index is -1.47. The molecule has 0 unspecified atom stereocenters. The van der Waals surface area contributed by atoms with Crippen molar-refractivity contribution in [2.75, 3.05) is 0 Å². The van der Waals surface area contributed by atoms with E-state index in [1.54, 1.807) is 36.4 Å². The molecule has 0 bridgehead atoms. The summed E-state index contributed by atoms with van der Waals surface area (Å²) in [4.78, 5) is 37.4. The van der Waals surface area contributed by atoms with Gasteiger partial charge in [-0.3, -0.25) is 4.79 Å². The molecule has 0 saturated carbocycles. The summed E-state index contributed by atoms with van der Waals surface area (Å²) in [7, 11) is 0. The Hall–Kier alpha value is -3.45. The zero-order valence-electron chi connectivity index (χ0n) is 15.1. The van der Waals surface area contributed by atoms with Gasteiger partial charge in [0.25, 0.3) is 0 Å². The summed E-state index contributed by atoms with van der Waals surface area (Å²) in [6.07, 6.45) is 0. The molecule has 0 amide bonds. The van der Waals surface area contributed by atoms with Crippen LogP contribution in [0.15, 0.2) is 59.1 Å². The van der Waals surface area contributed by atoms with Crippen molar-refractivity contribution < 1.29 is 24.6 Å². The molecular formula is C22H14BrNO5. The maximum Gasteiger partial charge on any atom is 0.338 e. The Morgan fingerprint density at radius 2 is 1.45 bits per heavy atom. The Kier molecular flexibility index (Phi) is 4.47. The summed E-state index contributed by atoms with van der Waals surface area (Å²) in [5.41, 5.74) is 0.869. The van der Waals surface area contributed by atoms with Crippen LogP contribution in [0.2, 0.25) is 0 Å². The van der Waals surface area contributed by atoms with Crippen molar-refractivity contribution in [3.63, 3.8) is 0 Å². The van der Waals surface area contributed by atoms with Gasteiger partial charge >= 0.3 is 11.9 Å². The fourth-order valence-corrected chi connectivity index (χ4v) is 3.82. The molecule has 0 saturated heterocycles. The molecule has 2 aromatic carbocycles. The van der Waals surface area contributed by atoms with Crippen molar-refractivity contribution in [3.05, 3.63) is 87.0 Å². The summed E-state index contributed by atoms with van der Waals surface area (Å²) in [5.74, 6) is -3.43. The fourth-order valence-electron chi connectivity index (χ4n) is 3.56. The number of carboxylic acid groups (broad SMARTS) is 2. The van der Waals surface area contributed by atoms with Crippen molar-refractivity contribution in [2.45, 2.75) is 6.92 Å². The average Bonchev–Trinajstić information content (AvgIpc) is 3.03. The van der Waals surface area contributed by atoms with Gasteiger partial charge in [0, 0.05) is 10.0 Å². The van der Waals surface area contributed by atoms with Gasteiger partial charge in [-0.05, 0) is 54.8 Å². The molecule has 0 radical (unpaired) electrons. The fraction of sp³-hybridized carbons (Fsp3) is 0.0455. The van der Waals surface area contributed by atoms with E-state index in [9.17, 15) is 24.6 Å². The Morgan fingerprint density at radius 1 is 0.828 bits per heavy atom. The molecule has 0 atom stereocenters. The Morgan fingerprint density at radius 3 is 2.07 bits per heavy atom. The highest BCUT2D eigenvalue weighted by Gasteiger charge is 2.32. The van der Waals surface area contributed by atoms with E-state index in [1.165, 1.54) is 10.5 Å². The van der Waals surface area contributed by atoms with E-state index in [2.05, 4.69) is 15.9 Å². The van der Waals surface area contributed by atoms with Crippen LogP contribution >= 0.6 is 15.9 Å². The van der Waals surface area contributed by atoms with E-state index in [-0.39, 0.29) is 16.8 Å². The lowest BCUT2D eigenvalue weighted by molar-refractivity contribution is 0.0652. The van der Waals surface area contributed by atoms with Crippen molar-refractivity contribution in [2.24, 2.45) is 0 Å². The van der Waals surface area contributed by atoms with Crippen LogP contribution in [-0.2, 0) is 0 Å². The largest absolute Gasteiger partial charge is 0.478 e. The van der Waals surface area contributed by atoms with Crippen LogP contribution < -0.4 is 0 Å². The predicted molar refractivity (Wildman–Crippen MR) is 111 cm³/mol. The molecule has 4 rings (SSSR count). The lowest BCUT2D eigenvalue weighted by atomic mass is 10.0. The molecule has 6 nitrogen and oxygen atoms in total. The molecule has 0 aliphatic rings. The van der Waals surface area contributed by atoms with Gasteiger partial charge in [-0.25, -0.2) is 9.59 Å². The minimum Gasteiger partial charge on any atom is -0.478 e. The highest BCUT2D eigenvalue weighted by atomic mass is 79.9. The maximum absolute atomic E-state index is 13.4. The summed E-state index contributed by atoms with van der Waals surface area (Å²) in [6, 6.07) is 15.2. The Labute approximate surface area is 173 Å². The van der Waals surface area contributed by atoms with Crippen LogP contribution in [0.4, 0.5) is 0 Å². The van der Waals surface area contributed by atoms with E-state index < -0.39 is 28.8 Å². The summed E-state index contributed by atoms with van der Waals surface area (Å²) in [5, 5.41) is 20.3. The molecular weight excluding hydrogens is 438 g/mol. The first-order valence-electron chi connectivity index (χ1n) is 8.64. The number of rotatable bonds is 4. The molecule has 0 aliphatic heterocycles. The zero-order valence-corrected chi connectivity index (χ0v) is 16.7. The number of nitrogens with zero attached hydrogens (tertiary/aromatic N) is 1. The second-order valence-electron chi connectivity index (χ2n) is 6.66. The van der Waals surface area contributed by atoms with Crippen LogP contribution in [-0.4, -0.2) is 32.3 Å². The third-order valence-electron chi connectivity index (χ3n) is 4.80. The van der Waals surface area contributed by atoms with Crippen molar-refractivity contribution >= 4 is 50.1 Å². The molecule has 144 valence electrons. The first-order valence-corrected chi connectivity index (χ1v) is 9.43. The molecule has 4 aromatic rings. The normalized spacial score (nSPS) is 11.1. The number of aromatic carboxylic acids is 2. The van der Waals surface area contributed by atoms with Crippen LogP contribution in [0.25, 0.3) is 16.4 Å². The number of carbonyl (C=O) groups is 3. The van der Waals surface area contributed by atoms with Crippen LogP contribution in [0.1, 0.15) is 42.3 Å². The minimum absolute atomic E-state index is 0.159. The summed E-state index contributed by atoms with van der Waals surface area (Å²) < 4.78 is 2.20. The van der Waals surface area contributed by atoms with Crippen LogP contribution in [0.5, 0.6) is 0 Å². The number of fused-ring (bicyclic) bond motifs is 3. The zero-order chi connectivity index (χ0) is 20.9.